The number of rotatable bonds is 10. The summed E-state index contributed by atoms with van der Waals surface area (Å²) in [5.41, 5.74) is 1.03. The zero-order chi connectivity index (χ0) is 14.8. The number of ether oxygens (including phenoxy) is 2. The molecule has 0 aliphatic heterocycles. The van der Waals surface area contributed by atoms with Crippen LogP contribution in [0, 0.1) is 5.92 Å². The Balaban J connectivity index is 2.49. The first-order valence-electron chi connectivity index (χ1n) is 7.33. The Morgan fingerprint density at radius 2 is 2.05 bits per heavy atom. The van der Waals surface area contributed by atoms with Gasteiger partial charge in [0.25, 0.3) is 0 Å². The topological polar surface area (TPSA) is 30.5 Å². The Labute approximate surface area is 127 Å². The van der Waals surface area contributed by atoms with Crippen LogP contribution in [-0.4, -0.2) is 26.4 Å². The van der Waals surface area contributed by atoms with Crippen LogP contribution in [0.1, 0.15) is 32.8 Å². The first kappa shape index (κ1) is 17.3. The summed E-state index contributed by atoms with van der Waals surface area (Å²) in [7, 11) is 0. The van der Waals surface area contributed by atoms with Crippen molar-refractivity contribution in [2.24, 2.45) is 5.92 Å². The number of nitrogens with one attached hydrogen (secondary N) is 1. The molecule has 0 aromatic heterocycles. The Bertz CT molecular complexity index is 383. The molecule has 0 bridgehead atoms. The molecule has 20 heavy (non-hydrogen) atoms. The molecule has 0 aliphatic rings. The smallest absolute Gasteiger partial charge is 0.125 e. The summed E-state index contributed by atoms with van der Waals surface area (Å²) >= 11 is 6.26. The largest absolute Gasteiger partial charge is 0.493 e. The molecule has 0 heterocycles. The summed E-state index contributed by atoms with van der Waals surface area (Å²) in [6.45, 7) is 10.2. The molecule has 1 aromatic carbocycles. The van der Waals surface area contributed by atoms with Crippen LogP contribution in [-0.2, 0) is 11.3 Å². The Hall–Kier alpha value is -0.770. The molecule has 3 nitrogen and oxygen atoms in total. The van der Waals surface area contributed by atoms with E-state index in [1.54, 1.807) is 0 Å². The molecule has 0 radical (unpaired) electrons. The minimum atomic E-state index is 0.619. The summed E-state index contributed by atoms with van der Waals surface area (Å²) in [5, 5.41) is 4.16. The van der Waals surface area contributed by atoms with Gasteiger partial charge in [0.1, 0.15) is 5.75 Å². The van der Waals surface area contributed by atoms with E-state index >= 15 is 0 Å². The second kappa shape index (κ2) is 10.0. The Kier molecular flexibility index (Phi) is 8.67. The van der Waals surface area contributed by atoms with E-state index in [0.717, 1.165) is 49.1 Å². The van der Waals surface area contributed by atoms with Crippen LogP contribution in [0.25, 0.3) is 0 Å². The standard InChI is InChI=1S/C16H26ClNO2/c1-4-19-9-6-10-20-16-8-5-7-15(17)14(16)12-18-11-13(2)3/h5,7-8,13,18H,4,6,9-12H2,1-3H3. The van der Waals surface area contributed by atoms with Crippen LogP contribution in [0.5, 0.6) is 5.75 Å². The highest BCUT2D eigenvalue weighted by atomic mass is 35.5. The van der Waals surface area contributed by atoms with Crippen molar-refractivity contribution in [3.63, 3.8) is 0 Å². The van der Waals surface area contributed by atoms with Crippen LogP contribution in [0.15, 0.2) is 18.2 Å². The van der Waals surface area contributed by atoms with Crippen LogP contribution >= 0.6 is 11.6 Å². The van der Waals surface area contributed by atoms with Gasteiger partial charge in [0.05, 0.1) is 6.61 Å². The normalized spacial score (nSPS) is 11.1. The third-order valence-corrected chi connectivity index (χ3v) is 3.18. The highest BCUT2D eigenvalue weighted by Gasteiger charge is 2.08. The first-order valence-corrected chi connectivity index (χ1v) is 7.71. The summed E-state index contributed by atoms with van der Waals surface area (Å²) in [6, 6.07) is 5.80. The van der Waals surface area contributed by atoms with Crippen molar-refractivity contribution >= 4 is 11.6 Å². The second-order valence-corrected chi connectivity index (χ2v) is 5.55. The monoisotopic (exact) mass is 299 g/mol. The fourth-order valence-electron chi connectivity index (χ4n) is 1.82. The molecule has 0 aliphatic carbocycles. The van der Waals surface area contributed by atoms with E-state index in [1.165, 1.54) is 0 Å². The van der Waals surface area contributed by atoms with E-state index < -0.39 is 0 Å². The molecule has 0 amide bonds. The SMILES string of the molecule is CCOCCCOc1cccc(Cl)c1CNCC(C)C. The minimum Gasteiger partial charge on any atom is -0.493 e. The van der Waals surface area contributed by atoms with Gasteiger partial charge in [-0.25, -0.2) is 0 Å². The van der Waals surface area contributed by atoms with Crippen molar-refractivity contribution in [2.75, 3.05) is 26.4 Å². The highest BCUT2D eigenvalue weighted by Crippen LogP contribution is 2.26. The molecule has 1 N–H and O–H groups in total. The van der Waals surface area contributed by atoms with E-state index in [4.69, 9.17) is 21.1 Å². The molecular formula is C16H26ClNO2. The van der Waals surface area contributed by atoms with Gasteiger partial charge < -0.3 is 14.8 Å². The van der Waals surface area contributed by atoms with E-state index in [2.05, 4.69) is 19.2 Å². The molecule has 1 rings (SSSR count). The number of benzene rings is 1. The first-order chi connectivity index (χ1) is 9.65. The van der Waals surface area contributed by atoms with Crippen molar-refractivity contribution in [1.82, 2.24) is 5.32 Å². The van der Waals surface area contributed by atoms with Crippen molar-refractivity contribution in [1.29, 1.82) is 0 Å². The predicted octanol–water partition coefficient (Wildman–Crippen LogP) is 3.89. The van der Waals surface area contributed by atoms with Crippen LogP contribution in [0.3, 0.4) is 0 Å². The zero-order valence-corrected chi connectivity index (χ0v) is 13.5. The van der Waals surface area contributed by atoms with E-state index in [-0.39, 0.29) is 0 Å². The highest BCUT2D eigenvalue weighted by molar-refractivity contribution is 6.31. The van der Waals surface area contributed by atoms with E-state index in [9.17, 15) is 0 Å². The lowest BCUT2D eigenvalue weighted by molar-refractivity contribution is 0.130. The fourth-order valence-corrected chi connectivity index (χ4v) is 2.05. The summed E-state index contributed by atoms with van der Waals surface area (Å²) in [6.07, 6.45) is 0.888. The van der Waals surface area contributed by atoms with Crippen LogP contribution < -0.4 is 10.1 Å². The molecule has 0 fully saturated rings. The lowest BCUT2D eigenvalue weighted by Crippen LogP contribution is -2.19. The molecule has 1 aromatic rings. The molecule has 0 saturated carbocycles. The van der Waals surface area contributed by atoms with Gasteiger partial charge in [0.15, 0.2) is 0 Å². The molecule has 0 spiro atoms. The number of halogens is 1. The maximum Gasteiger partial charge on any atom is 0.125 e. The van der Waals surface area contributed by atoms with Gasteiger partial charge in [0, 0.05) is 36.8 Å². The average molecular weight is 300 g/mol. The molecule has 0 unspecified atom stereocenters. The number of hydrogen-bond donors (Lipinski definition) is 1. The van der Waals surface area contributed by atoms with Crippen LogP contribution in [0.2, 0.25) is 5.02 Å². The Morgan fingerprint density at radius 1 is 1.25 bits per heavy atom. The fraction of sp³-hybridized carbons (Fsp3) is 0.625. The molecule has 0 saturated heterocycles. The maximum absolute atomic E-state index is 6.26. The Morgan fingerprint density at radius 3 is 2.75 bits per heavy atom. The lowest BCUT2D eigenvalue weighted by atomic mass is 10.1. The number of hydrogen-bond acceptors (Lipinski definition) is 3. The predicted molar refractivity (Wildman–Crippen MR) is 84.6 cm³/mol. The summed E-state index contributed by atoms with van der Waals surface area (Å²) < 4.78 is 11.1. The molecule has 0 atom stereocenters. The molecule has 4 heteroatoms. The third-order valence-electron chi connectivity index (χ3n) is 2.82. The van der Waals surface area contributed by atoms with Gasteiger partial charge in [-0.3, -0.25) is 0 Å². The van der Waals surface area contributed by atoms with Crippen molar-refractivity contribution < 1.29 is 9.47 Å². The van der Waals surface area contributed by atoms with E-state index in [0.29, 0.717) is 12.5 Å². The third kappa shape index (κ3) is 6.60. The quantitative estimate of drug-likeness (QED) is 0.665. The second-order valence-electron chi connectivity index (χ2n) is 5.14. The molecular weight excluding hydrogens is 274 g/mol. The van der Waals surface area contributed by atoms with Crippen molar-refractivity contribution in [2.45, 2.75) is 33.7 Å². The van der Waals surface area contributed by atoms with Gasteiger partial charge in [-0.2, -0.15) is 0 Å². The van der Waals surface area contributed by atoms with Crippen LogP contribution in [0.4, 0.5) is 0 Å². The van der Waals surface area contributed by atoms with Crippen molar-refractivity contribution in [3.8, 4) is 5.75 Å². The zero-order valence-electron chi connectivity index (χ0n) is 12.7. The van der Waals surface area contributed by atoms with Gasteiger partial charge in [-0.05, 0) is 31.5 Å². The summed E-state index contributed by atoms with van der Waals surface area (Å²) in [5.74, 6) is 1.48. The van der Waals surface area contributed by atoms with Gasteiger partial charge in [-0.1, -0.05) is 31.5 Å². The van der Waals surface area contributed by atoms with Gasteiger partial charge in [-0.15, -0.1) is 0 Å². The summed E-state index contributed by atoms with van der Waals surface area (Å²) in [4.78, 5) is 0. The van der Waals surface area contributed by atoms with E-state index in [1.807, 2.05) is 25.1 Å². The minimum absolute atomic E-state index is 0.619. The van der Waals surface area contributed by atoms with Crippen molar-refractivity contribution in [3.05, 3.63) is 28.8 Å². The van der Waals surface area contributed by atoms with Gasteiger partial charge >= 0.3 is 0 Å². The molecule has 114 valence electrons. The average Bonchev–Trinajstić information content (AvgIpc) is 2.41. The van der Waals surface area contributed by atoms with Gasteiger partial charge in [0.2, 0.25) is 0 Å². The lowest BCUT2D eigenvalue weighted by Gasteiger charge is -2.14. The maximum atomic E-state index is 6.26.